The van der Waals surface area contributed by atoms with Crippen LogP contribution in [-0.2, 0) is 9.47 Å². The number of carbonyl (C=O) groups excluding carboxylic acids is 2. The zero-order valence-electron chi connectivity index (χ0n) is 52.6. The summed E-state index contributed by atoms with van der Waals surface area (Å²) in [4.78, 5) is 72.4. The van der Waals surface area contributed by atoms with Crippen molar-refractivity contribution in [3.8, 4) is 22.8 Å². The first-order chi connectivity index (χ1) is 44.5. The Kier molecular flexibility index (Phi) is 16.7. The molecule has 2 unspecified atom stereocenters. The third-order valence-electron chi connectivity index (χ3n) is 21.5. The molecule has 22 nitrogen and oxygen atoms in total. The maximum absolute atomic E-state index is 14.6. The van der Waals surface area contributed by atoms with Gasteiger partial charge in [-0.05, 0) is 182 Å². The first-order valence-corrected chi connectivity index (χ1v) is 33.6. The van der Waals surface area contributed by atoms with Crippen LogP contribution in [0.4, 0.5) is 46.0 Å². The van der Waals surface area contributed by atoms with Crippen molar-refractivity contribution < 1.29 is 19.1 Å². The molecule has 9 aliphatic rings. The standard InChI is InChI=1S/C69H88N18O4/c1-82-36-38-87(39-37-82)53-18-32-85(33-19-53)51-14-10-48(11-15-51)75-65-60(79-57(54-6-2-4-28-71-54)62(80-65)76-49-20-41-91-69(42-49)24-25-69)66(89)73-46-83-43-67(44-83)26-34-86(35-27-67)52-16-30-84(31-17-52)50-12-8-47(9-13-50)74-64-59(61(70)88)78-58(55-7-3-5-29-72-55)63(81-64)77-56-21-40-90-45-68(56)22-23-68/h2-15,28-29,49,52-53,56H,16-27,30-46H2,1H3,(H2,70,88)(H,73,89)(H2,74,77,81)(H2,75,76,80). The second-order valence-corrected chi connectivity index (χ2v) is 27.6. The van der Waals surface area contributed by atoms with E-state index >= 15 is 0 Å². The smallest absolute Gasteiger partial charge is 0.274 e. The van der Waals surface area contributed by atoms with Gasteiger partial charge in [0.1, 0.15) is 11.4 Å². The summed E-state index contributed by atoms with van der Waals surface area (Å²) in [7, 11) is 2.22. The number of hydrogen-bond donors (Lipinski definition) is 6. The Bertz CT molecular complexity index is 3520. The molecule has 0 radical (unpaired) electrons. The zero-order chi connectivity index (χ0) is 61.5. The van der Waals surface area contributed by atoms with Crippen molar-refractivity contribution in [3.63, 3.8) is 0 Å². The molecule has 7 saturated heterocycles. The molecule has 7 N–H and O–H groups in total. The number of ether oxygens (including phenoxy) is 2. The molecule has 2 atom stereocenters. The van der Waals surface area contributed by atoms with Gasteiger partial charge in [0.2, 0.25) is 0 Å². The van der Waals surface area contributed by atoms with Crippen LogP contribution in [0.1, 0.15) is 104 Å². The van der Waals surface area contributed by atoms with Crippen molar-refractivity contribution in [2.24, 2.45) is 16.6 Å². The van der Waals surface area contributed by atoms with E-state index in [0.717, 1.165) is 167 Å². The summed E-state index contributed by atoms with van der Waals surface area (Å²) in [5.74, 6) is 0.960. The van der Waals surface area contributed by atoms with Gasteiger partial charge < -0.3 is 61.4 Å². The number of piperidine rings is 3. The van der Waals surface area contributed by atoms with Gasteiger partial charge in [0, 0.05) is 143 Å². The van der Waals surface area contributed by atoms with E-state index in [1.54, 1.807) is 12.4 Å². The molecule has 3 spiro atoms. The number of likely N-dealkylation sites (tertiary alicyclic amines) is 2. The molecular formula is C69H88N18O4. The number of amides is 2. The summed E-state index contributed by atoms with van der Waals surface area (Å²) < 4.78 is 12.1. The van der Waals surface area contributed by atoms with Gasteiger partial charge in [-0.25, -0.2) is 19.9 Å². The number of aromatic nitrogens is 6. The molecule has 6 aromatic rings. The summed E-state index contributed by atoms with van der Waals surface area (Å²) in [6, 6.07) is 29.9. The van der Waals surface area contributed by atoms with Gasteiger partial charge in [-0.15, -0.1) is 0 Å². The second-order valence-electron chi connectivity index (χ2n) is 27.6. The van der Waals surface area contributed by atoms with Gasteiger partial charge in [-0.1, -0.05) is 12.1 Å². The predicted molar refractivity (Wildman–Crippen MR) is 354 cm³/mol. The zero-order valence-corrected chi connectivity index (χ0v) is 52.6. The fraction of sp³-hybridized carbons (Fsp3) is 0.536. The average Bonchev–Trinajstić information content (AvgIpc) is 1.80. The number of hydrogen-bond acceptors (Lipinski definition) is 20. The molecular weight excluding hydrogens is 1140 g/mol. The number of pyridine rings is 2. The Labute approximate surface area is 533 Å². The van der Waals surface area contributed by atoms with E-state index in [0.29, 0.717) is 78.0 Å². The van der Waals surface area contributed by atoms with Crippen LogP contribution in [0, 0.1) is 10.8 Å². The Morgan fingerprint density at radius 3 is 1.69 bits per heavy atom. The summed E-state index contributed by atoms with van der Waals surface area (Å²) in [5.41, 5.74) is 12.9. The molecule has 2 aliphatic carbocycles. The van der Waals surface area contributed by atoms with Gasteiger partial charge in [0.05, 0.1) is 30.3 Å². The van der Waals surface area contributed by atoms with Crippen molar-refractivity contribution in [2.75, 3.05) is 143 Å². The normalized spacial score (nSPS) is 23.6. The van der Waals surface area contributed by atoms with Crippen LogP contribution in [0.5, 0.6) is 0 Å². The molecule has 2 saturated carbocycles. The molecule has 0 bridgehead atoms. The van der Waals surface area contributed by atoms with Crippen LogP contribution >= 0.6 is 0 Å². The van der Waals surface area contributed by atoms with E-state index in [4.69, 9.17) is 40.1 Å². The Morgan fingerprint density at radius 1 is 0.582 bits per heavy atom. The SMILES string of the molecule is CN1CCN(C2CCN(c3ccc(Nc4nc(NC5CCOC6(CC6)C5)c(-c5ccccn5)nc4C(=O)NCN4CC5(CCN(C6CCN(c7ccc(Nc8nc(NC9CCOCC9%10CC%10)c(-c9ccccn9)nc8C(N)=O)cc7)CC6)CC5)C4)cc3)CC2)CC1. The largest absolute Gasteiger partial charge is 0.381 e. The van der Waals surface area contributed by atoms with E-state index in [-0.39, 0.29) is 45.8 Å². The van der Waals surface area contributed by atoms with E-state index in [1.165, 1.54) is 24.2 Å². The number of rotatable bonds is 18. The predicted octanol–water partition coefficient (Wildman–Crippen LogP) is 8.05. The Balaban J connectivity index is 0.559. The molecule has 22 heteroatoms. The number of primary amides is 1. The summed E-state index contributed by atoms with van der Waals surface area (Å²) >= 11 is 0. The monoisotopic (exact) mass is 1230 g/mol. The Morgan fingerprint density at radius 2 is 1.14 bits per heavy atom. The number of nitrogens with two attached hydrogens (primary N) is 1. The number of carbonyl (C=O) groups is 2. The van der Waals surface area contributed by atoms with Gasteiger partial charge >= 0.3 is 0 Å². The van der Waals surface area contributed by atoms with Gasteiger partial charge in [-0.3, -0.25) is 29.4 Å². The summed E-state index contributed by atoms with van der Waals surface area (Å²) in [5, 5.41) is 17.7. The fourth-order valence-electron chi connectivity index (χ4n) is 15.6. The minimum atomic E-state index is -0.666. The summed E-state index contributed by atoms with van der Waals surface area (Å²) in [6.45, 7) is 15.3. The van der Waals surface area contributed by atoms with Gasteiger partial charge in [0.25, 0.3) is 11.8 Å². The molecule has 2 aromatic carbocycles. The minimum Gasteiger partial charge on any atom is -0.381 e. The number of anilines is 8. The molecule has 9 fully saturated rings. The van der Waals surface area contributed by atoms with Crippen molar-refractivity contribution in [3.05, 3.63) is 109 Å². The third kappa shape index (κ3) is 13.1. The lowest BCUT2D eigenvalue weighted by atomic mass is 9.72. The highest BCUT2D eigenvalue weighted by atomic mass is 16.5. The van der Waals surface area contributed by atoms with Gasteiger partial charge in [-0.2, -0.15) is 0 Å². The topological polar surface area (TPSA) is 236 Å². The molecule has 91 heavy (non-hydrogen) atoms. The molecule has 2 amide bonds. The van der Waals surface area contributed by atoms with Crippen LogP contribution in [0.25, 0.3) is 22.8 Å². The fourth-order valence-corrected chi connectivity index (χ4v) is 15.6. The van der Waals surface area contributed by atoms with Gasteiger partial charge in [0.15, 0.2) is 34.7 Å². The van der Waals surface area contributed by atoms with Crippen LogP contribution in [0.2, 0.25) is 0 Å². The molecule has 7 aliphatic heterocycles. The van der Waals surface area contributed by atoms with E-state index in [1.807, 2.05) is 48.5 Å². The van der Waals surface area contributed by atoms with Crippen LogP contribution in [0.15, 0.2) is 97.3 Å². The highest BCUT2D eigenvalue weighted by molar-refractivity contribution is 5.99. The van der Waals surface area contributed by atoms with E-state index < -0.39 is 5.91 Å². The average molecular weight is 1230 g/mol. The van der Waals surface area contributed by atoms with Crippen molar-refractivity contribution in [2.45, 2.75) is 113 Å². The van der Waals surface area contributed by atoms with Crippen LogP contribution < -0.4 is 42.1 Å². The number of likely N-dealkylation sites (N-methyl/N-ethyl adjacent to an activating group) is 1. The van der Waals surface area contributed by atoms with E-state index in [9.17, 15) is 9.59 Å². The second kappa shape index (κ2) is 25.5. The molecule has 15 rings (SSSR count). The maximum Gasteiger partial charge on any atom is 0.274 e. The number of benzene rings is 2. The van der Waals surface area contributed by atoms with Crippen LogP contribution in [-0.4, -0.2) is 203 Å². The molecule has 478 valence electrons. The molecule has 11 heterocycles. The maximum atomic E-state index is 14.6. The number of nitrogens with one attached hydrogen (secondary N) is 5. The highest BCUT2D eigenvalue weighted by Crippen LogP contribution is 2.53. The van der Waals surface area contributed by atoms with Crippen molar-refractivity contribution in [1.29, 1.82) is 0 Å². The summed E-state index contributed by atoms with van der Waals surface area (Å²) in [6.07, 6.45) is 17.3. The minimum absolute atomic E-state index is 0.0369. The van der Waals surface area contributed by atoms with Crippen molar-refractivity contribution >= 4 is 57.8 Å². The lowest BCUT2D eigenvalue weighted by Crippen LogP contribution is -2.63. The van der Waals surface area contributed by atoms with Crippen molar-refractivity contribution in [1.82, 2.24) is 54.8 Å². The Hall–Kier alpha value is -7.60. The first kappa shape index (κ1) is 59.7. The lowest BCUT2D eigenvalue weighted by molar-refractivity contribution is -0.0574. The number of piperazine rings is 1. The van der Waals surface area contributed by atoms with Crippen LogP contribution in [0.3, 0.4) is 0 Å². The third-order valence-corrected chi connectivity index (χ3v) is 21.5. The first-order valence-electron chi connectivity index (χ1n) is 33.6. The number of nitrogens with zero attached hydrogens (tertiary/aromatic N) is 12. The van der Waals surface area contributed by atoms with E-state index in [2.05, 4.69) is 104 Å². The quantitative estimate of drug-likeness (QED) is 0.0477. The lowest BCUT2D eigenvalue weighted by Gasteiger charge is -2.55. The highest BCUT2D eigenvalue weighted by Gasteiger charge is 2.52. The molecule has 4 aromatic heterocycles.